The second-order valence-electron chi connectivity index (χ2n) is 9.20. The van der Waals surface area contributed by atoms with Gasteiger partial charge in [0.1, 0.15) is 11.6 Å². The number of halogens is 2. The zero-order valence-electron chi connectivity index (χ0n) is 20.3. The number of pyridine rings is 1. The van der Waals surface area contributed by atoms with E-state index in [-0.39, 0.29) is 0 Å². The van der Waals surface area contributed by atoms with Crippen molar-refractivity contribution in [2.75, 3.05) is 79.8 Å². The monoisotopic (exact) mass is 503 g/mol. The van der Waals surface area contributed by atoms with Crippen molar-refractivity contribution in [1.82, 2.24) is 15.2 Å². The number of hydrogen-bond acceptors (Lipinski definition) is 6. The maximum Gasteiger partial charge on any atom is 0.170 e. The van der Waals surface area contributed by atoms with Gasteiger partial charge in [-0.2, -0.15) is 0 Å². The second-order valence-corrected chi connectivity index (χ2v) is 9.61. The zero-order valence-corrected chi connectivity index (χ0v) is 21.1. The van der Waals surface area contributed by atoms with Gasteiger partial charge in [0.15, 0.2) is 16.7 Å². The molecule has 0 unspecified atom stereocenters. The summed E-state index contributed by atoms with van der Waals surface area (Å²) in [5, 5.41) is 9.94. The SMILES string of the molecule is CN(CCNC(=S)Nc1ccc(F)c(F)c1)CCNc1cc(N2CCCC2)nc(N2CCCC2)c1. The molecule has 190 valence electrons. The highest BCUT2D eigenvalue weighted by Gasteiger charge is 2.19. The zero-order chi connectivity index (χ0) is 24.6. The van der Waals surface area contributed by atoms with Crippen LogP contribution in [0.4, 0.5) is 31.8 Å². The van der Waals surface area contributed by atoms with Crippen LogP contribution in [0, 0.1) is 11.6 Å². The minimum absolute atomic E-state index is 0.378. The van der Waals surface area contributed by atoms with Crippen molar-refractivity contribution in [3.05, 3.63) is 42.0 Å². The molecule has 7 nitrogen and oxygen atoms in total. The third-order valence-electron chi connectivity index (χ3n) is 6.44. The molecule has 0 bridgehead atoms. The van der Waals surface area contributed by atoms with Crippen LogP contribution in [-0.4, -0.2) is 74.4 Å². The van der Waals surface area contributed by atoms with Crippen molar-refractivity contribution >= 4 is 40.3 Å². The molecule has 0 radical (unpaired) electrons. The Morgan fingerprint density at radius 3 is 2.09 bits per heavy atom. The molecule has 0 atom stereocenters. The lowest BCUT2D eigenvalue weighted by molar-refractivity contribution is 0.352. The molecule has 35 heavy (non-hydrogen) atoms. The maximum absolute atomic E-state index is 13.3. The molecule has 0 saturated carbocycles. The van der Waals surface area contributed by atoms with Crippen molar-refractivity contribution in [2.45, 2.75) is 25.7 Å². The first-order valence-electron chi connectivity index (χ1n) is 12.4. The number of benzene rings is 1. The smallest absolute Gasteiger partial charge is 0.170 e. The largest absolute Gasteiger partial charge is 0.384 e. The molecule has 2 aliphatic heterocycles. The number of anilines is 4. The van der Waals surface area contributed by atoms with Gasteiger partial charge in [0.2, 0.25) is 0 Å². The quantitative estimate of drug-likeness (QED) is 0.423. The van der Waals surface area contributed by atoms with E-state index in [9.17, 15) is 8.78 Å². The van der Waals surface area contributed by atoms with E-state index >= 15 is 0 Å². The Morgan fingerprint density at radius 2 is 1.49 bits per heavy atom. The highest BCUT2D eigenvalue weighted by atomic mass is 32.1. The average molecular weight is 504 g/mol. The molecule has 0 amide bonds. The third kappa shape index (κ3) is 7.38. The van der Waals surface area contributed by atoms with Crippen molar-refractivity contribution in [1.29, 1.82) is 0 Å². The van der Waals surface area contributed by atoms with Crippen LogP contribution >= 0.6 is 12.2 Å². The Morgan fingerprint density at radius 1 is 0.886 bits per heavy atom. The average Bonchev–Trinajstić information content (AvgIpc) is 3.56. The normalized spacial score (nSPS) is 15.7. The Balaban J connectivity index is 1.21. The van der Waals surface area contributed by atoms with Crippen LogP contribution in [0.2, 0.25) is 0 Å². The molecule has 2 saturated heterocycles. The summed E-state index contributed by atoms with van der Waals surface area (Å²) in [7, 11) is 2.06. The predicted molar refractivity (Wildman–Crippen MR) is 144 cm³/mol. The third-order valence-corrected chi connectivity index (χ3v) is 6.68. The lowest BCUT2D eigenvalue weighted by Crippen LogP contribution is -2.36. The van der Waals surface area contributed by atoms with E-state index < -0.39 is 11.6 Å². The van der Waals surface area contributed by atoms with Gasteiger partial charge < -0.3 is 30.7 Å². The molecule has 4 rings (SSSR count). The topological polar surface area (TPSA) is 58.7 Å². The van der Waals surface area contributed by atoms with Crippen LogP contribution < -0.4 is 25.8 Å². The fourth-order valence-corrected chi connectivity index (χ4v) is 4.65. The summed E-state index contributed by atoms with van der Waals surface area (Å²) in [6.07, 6.45) is 4.93. The summed E-state index contributed by atoms with van der Waals surface area (Å²) < 4.78 is 26.4. The Hall–Kier alpha value is -2.72. The van der Waals surface area contributed by atoms with E-state index in [0.717, 1.165) is 75.3 Å². The fourth-order valence-electron chi connectivity index (χ4n) is 4.43. The van der Waals surface area contributed by atoms with Crippen molar-refractivity contribution in [2.24, 2.45) is 0 Å². The minimum atomic E-state index is -0.903. The van der Waals surface area contributed by atoms with Crippen molar-refractivity contribution in [3.8, 4) is 0 Å². The number of aromatic nitrogens is 1. The molecule has 2 aromatic rings. The molecule has 0 aliphatic carbocycles. The van der Waals surface area contributed by atoms with Gasteiger partial charge in [-0.25, -0.2) is 13.8 Å². The molecule has 1 aromatic heterocycles. The summed E-state index contributed by atoms with van der Waals surface area (Å²) in [6.45, 7) is 7.44. The number of nitrogens with zero attached hydrogens (tertiary/aromatic N) is 4. The molecule has 10 heteroatoms. The number of thiocarbonyl (C=S) groups is 1. The van der Waals surface area contributed by atoms with Gasteiger partial charge in [-0.1, -0.05) is 0 Å². The highest BCUT2D eigenvalue weighted by Crippen LogP contribution is 2.28. The molecule has 3 N–H and O–H groups in total. The van der Waals surface area contributed by atoms with E-state index in [1.54, 1.807) is 0 Å². The van der Waals surface area contributed by atoms with Crippen LogP contribution in [0.25, 0.3) is 0 Å². The van der Waals surface area contributed by atoms with Gasteiger partial charge >= 0.3 is 0 Å². The van der Waals surface area contributed by atoms with E-state index in [4.69, 9.17) is 17.2 Å². The molecular weight excluding hydrogens is 468 g/mol. The standard InChI is InChI=1S/C25H35F2N7S/c1-32(15-9-29-25(35)30-19-6-7-21(26)22(27)16-19)14-8-28-20-17-23(33-10-2-3-11-33)31-24(18-20)34-12-4-5-13-34/h6-7,16-18H,2-5,8-15H2,1H3,(H,28,31)(H2,29,30,35). The Kier molecular flexibility index (Phi) is 8.92. The summed E-state index contributed by atoms with van der Waals surface area (Å²) in [5.41, 5.74) is 1.53. The van der Waals surface area contributed by atoms with E-state index in [1.807, 2.05) is 0 Å². The summed E-state index contributed by atoms with van der Waals surface area (Å²) >= 11 is 5.25. The van der Waals surface area contributed by atoms with Gasteiger partial charge in [-0.05, 0) is 57.1 Å². The first-order chi connectivity index (χ1) is 17.0. The highest BCUT2D eigenvalue weighted by molar-refractivity contribution is 7.80. The summed E-state index contributed by atoms with van der Waals surface area (Å²) in [6, 6.07) is 7.97. The van der Waals surface area contributed by atoms with Gasteiger partial charge in [-0.15, -0.1) is 0 Å². The van der Waals surface area contributed by atoms with Crippen LogP contribution in [-0.2, 0) is 0 Å². The van der Waals surface area contributed by atoms with E-state index in [2.05, 4.69) is 49.8 Å². The van der Waals surface area contributed by atoms with E-state index in [0.29, 0.717) is 17.3 Å². The molecule has 3 heterocycles. The van der Waals surface area contributed by atoms with Crippen molar-refractivity contribution < 1.29 is 8.78 Å². The molecule has 2 fully saturated rings. The lowest BCUT2D eigenvalue weighted by Gasteiger charge is -2.23. The van der Waals surface area contributed by atoms with Gasteiger partial charge in [0, 0.05) is 81.9 Å². The number of nitrogens with one attached hydrogen (secondary N) is 3. The van der Waals surface area contributed by atoms with E-state index in [1.165, 1.54) is 31.7 Å². The fraction of sp³-hybridized carbons (Fsp3) is 0.520. The van der Waals surface area contributed by atoms with Crippen molar-refractivity contribution in [3.63, 3.8) is 0 Å². The Bertz CT molecular complexity index is 960. The van der Waals surface area contributed by atoms with Crippen LogP contribution in [0.1, 0.15) is 25.7 Å². The van der Waals surface area contributed by atoms with Gasteiger partial charge in [-0.3, -0.25) is 0 Å². The van der Waals surface area contributed by atoms with Crippen LogP contribution in [0.5, 0.6) is 0 Å². The molecule has 0 spiro atoms. The van der Waals surface area contributed by atoms with Gasteiger partial charge in [0.25, 0.3) is 0 Å². The Labute approximate surface area is 211 Å². The summed E-state index contributed by atoms with van der Waals surface area (Å²) in [5.74, 6) is 0.373. The summed E-state index contributed by atoms with van der Waals surface area (Å²) in [4.78, 5) is 12.0. The molecule has 1 aromatic carbocycles. The first-order valence-corrected chi connectivity index (χ1v) is 12.8. The maximum atomic E-state index is 13.3. The van der Waals surface area contributed by atoms with Crippen LogP contribution in [0.3, 0.4) is 0 Å². The molecule has 2 aliphatic rings. The lowest BCUT2D eigenvalue weighted by atomic mass is 10.3. The first kappa shape index (κ1) is 25.4. The second kappa shape index (κ2) is 12.3. The minimum Gasteiger partial charge on any atom is -0.384 e. The number of likely N-dealkylation sites (N-methyl/N-ethyl adjacent to an activating group) is 1. The number of rotatable bonds is 10. The molecular formula is C25H35F2N7S. The van der Waals surface area contributed by atoms with Crippen LogP contribution in [0.15, 0.2) is 30.3 Å². The number of hydrogen-bond donors (Lipinski definition) is 3. The predicted octanol–water partition coefficient (Wildman–Crippen LogP) is 3.89. The van der Waals surface area contributed by atoms with Gasteiger partial charge in [0.05, 0.1) is 0 Å².